The molecule has 0 radical (unpaired) electrons. The Labute approximate surface area is 164 Å². The lowest BCUT2D eigenvalue weighted by atomic mass is 10.1. The average Bonchev–Trinajstić information content (AvgIpc) is 3.17. The van der Waals surface area contributed by atoms with Gasteiger partial charge in [0.2, 0.25) is 0 Å². The molecule has 0 saturated heterocycles. The van der Waals surface area contributed by atoms with Crippen molar-refractivity contribution < 1.29 is 4.79 Å². The number of aromatic nitrogens is 2. The summed E-state index contributed by atoms with van der Waals surface area (Å²) in [6.07, 6.45) is 0.764. The number of para-hydroxylation sites is 1. The van der Waals surface area contributed by atoms with E-state index >= 15 is 0 Å². The molecule has 0 fully saturated rings. The number of H-pyrrole nitrogens is 2. The Morgan fingerprint density at radius 1 is 1.19 bits per heavy atom. The third-order valence-electron chi connectivity index (χ3n) is 4.59. The molecule has 132 valence electrons. The van der Waals surface area contributed by atoms with Crippen molar-refractivity contribution in [3.05, 3.63) is 68.9 Å². The second-order valence-electron chi connectivity index (χ2n) is 6.31. The van der Waals surface area contributed by atoms with Crippen molar-refractivity contribution in [3.63, 3.8) is 0 Å². The van der Waals surface area contributed by atoms with Crippen LogP contribution in [0, 0.1) is 6.92 Å². The van der Waals surface area contributed by atoms with Crippen molar-refractivity contribution in [3.8, 4) is 0 Å². The third kappa shape index (κ3) is 3.13. The van der Waals surface area contributed by atoms with Crippen molar-refractivity contribution in [2.75, 3.05) is 6.54 Å². The van der Waals surface area contributed by atoms with Gasteiger partial charge in [-0.1, -0.05) is 23.7 Å². The zero-order chi connectivity index (χ0) is 18.3. The van der Waals surface area contributed by atoms with E-state index in [2.05, 4.69) is 44.2 Å². The van der Waals surface area contributed by atoms with Crippen LogP contribution in [-0.4, -0.2) is 22.4 Å². The van der Waals surface area contributed by atoms with Crippen molar-refractivity contribution in [2.45, 2.75) is 13.3 Å². The minimum atomic E-state index is -0.115. The van der Waals surface area contributed by atoms with Crippen LogP contribution in [0.25, 0.3) is 21.8 Å². The number of halogens is 2. The van der Waals surface area contributed by atoms with Crippen LogP contribution < -0.4 is 5.32 Å². The van der Waals surface area contributed by atoms with E-state index in [0.717, 1.165) is 33.0 Å². The van der Waals surface area contributed by atoms with Crippen molar-refractivity contribution in [2.24, 2.45) is 0 Å². The number of nitrogens with one attached hydrogen (secondary N) is 3. The first-order valence-corrected chi connectivity index (χ1v) is 9.52. The summed E-state index contributed by atoms with van der Waals surface area (Å²) in [5.41, 5.74) is 4.89. The Hall–Kier alpha value is -2.24. The minimum Gasteiger partial charge on any atom is -0.357 e. The Morgan fingerprint density at radius 3 is 2.88 bits per heavy atom. The normalized spacial score (nSPS) is 11.3. The van der Waals surface area contributed by atoms with Crippen LogP contribution in [0.4, 0.5) is 0 Å². The van der Waals surface area contributed by atoms with E-state index in [1.165, 1.54) is 10.9 Å². The maximum Gasteiger partial charge on any atom is 0.267 e. The number of hydrogen-bond donors (Lipinski definition) is 3. The number of carbonyl (C=O) groups excluding carboxylic acids is 1. The standard InChI is InChI=1S/C20H17BrClN3O/c1-11-14(15-3-2-4-16(21)19(15)24-11)7-8-23-20(26)18-10-12-9-13(22)5-6-17(12)25-18/h2-6,9-10,24-25H,7-8H2,1H3,(H,23,26). The van der Waals surface area contributed by atoms with E-state index in [1.54, 1.807) is 6.07 Å². The smallest absolute Gasteiger partial charge is 0.267 e. The lowest BCUT2D eigenvalue weighted by Crippen LogP contribution is -2.26. The monoisotopic (exact) mass is 429 g/mol. The predicted octanol–water partition coefficient (Wildman–Crippen LogP) is 5.35. The lowest BCUT2D eigenvalue weighted by Gasteiger charge is -2.05. The van der Waals surface area contributed by atoms with E-state index in [1.807, 2.05) is 30.3 Å². The van der Waals surface area contributed by atoms with Gasteiger partial charge in [-0.15, -0.1) is 0 Å². The molecule has 4 rings (SSSR count). The fraction of sp³-hybridized carbons (Fsp3) is 0.150. The highest BCUT2D eigenvalue weighted by atomic mass is 79.9. The second kappa shape index (κ2) is 6.82. The number of rotatable bonds is 4. The van der Waals surface area contributed by atoms with Crippen molar-refractivity contribution in [1.29, 1.82) is 0 Å². The number of fused-ring (bicyclic) bond motifs is 2. The Bertz CT molecular complexity index is 1130. The molecular weight excluding hydrogens is 414 g/mol. The molecule has 0 aliphatic carbocycles. The van der Waals surface area contributed by atoms with Gasteiger partial charge >= 0.3 is 0 Å². The molecule has 1 amide bonds. The summed E-state index contributed by atoms with van der Waals surface area (Å²) in [6, 6.07) is 13.5. The molecule has 4 nitrogen and oxygen atoms in total. The topological polar surface area (TPSA) is 60.7 Å². The number of carbonyl (C=O) groups is 1. The quantitative estimate of drug-likeness (QED) is 0.402. The van der Waals surface area contributed by atoms with Gasteiger partial charge in [-0.25, -0.2) is 0 Å². The molecule has 0 aliphatic heterocycles. The average molecular weight is 431 g/mol. The van der Waals surface area contributed by atoms with Crippen LogP contribution in [0.1, 0.15) is 21.7 Å². The van der Waals surface area contributed by atoms with Crippen LogP contribution in [0.15, 0.2) is 46.9 Å². The van der Waals surface area contributed by atoms with E-state index in [0.29, 0.717) is 17.3 Å². The third-order valence-corrected chi connectivity index (χ3v) is 5.49. The highest BCUT2D eigenvalue weighted by Crippen LogP contribution is 2.28. The van der Waals surface area contributed by atoms with Gasteiger partial charge in [0.1, 0.15) is 5.69 Å². The number of hydrogen-bond acceptors (Lipinski definition) is 1. The second-order valence-corrected chi connectivity index (χ2v) is 7.60. The van der Waals surface area contributed by atoms with E-state index in [4.69, 9.17) is 11.6 Å². The maximum absolute atomic E-state index is 12.4. The molecule has 0 saturated carbocycles. The van der Waals surface area contributed by atoms with Gasteiger partial charge in [0, 0.05) is 38.0 Å². The Morgan fingerprint density at radius 2 is 2.04 bits per heavy atom. The molecule has 0 aliphatic rings. The molecule has 0 spiro atoms. The summed E-state index contributed by atoms with van der Waals surface area (Å²) < 4.78 is 1.05. The van der Waals surface area contributed by atoms with Gasteiger partial charge in [0.15, 0.2) is 0 Å². The van der Waals surface area contributed by atoms with Gasteiger partial charge in [-0.05, 0) is 65.2 Å². The molecule has 4 aromatic rings. The number of benzene rings is 2. The molecule has 2 aromatic heterocycles. The van der Waals surface area contributed by atoms with E-state index in [-0.39, 0.29) is 5.91 Å². The molecule has 26 heavy (non-hydrogen) atoms. The van der Waals surface area contributed by atoms with Crippen molar-refractivity contribution in [1.82, 2.24) is 15.3 Å². The zero-order valence-electron chi connectivity index (χ0n) is 14.1. The molecule has 2 aromatic carbocycles. The minimum absolute atomic E-state index is 0.115. The largest absolute Gasteiger partial charge is 0.357 e. The summed E-state index contributed by atoms with van der Waals surface area (Å²) in [7, 11) is 0. The number of aryl methyl sites for hydroxylation is 1. The van der Waals surface area contributed by atoms with Crippen LogP contribution in [0.3, 0.4) is 0 Å². The summed E-state index contributed by atoms with van der Waals surface area (Å²) in [5, 5.41) is 5.76. The predicted molar refractivity (Wildman–Crippen MR) is 110 cm³/mol. The van der Waals surface area contributed by atoms with Gasteiger partial charge in [-0.3, -0.25) is 4.79 Å². The first-order chi connectivity index (χ1) is 12.5. The van der Waals surface area contributed by atoms with E-state index < -0.39 is 0 Å². The summed E-state index contributed by atoms with van der Waals surface area (Å²) in [6.45, 7) is 2.63. The number of amides is 1. The summed E-state index contributed by atoms with van der Waals surface area (Å²) in [5.74, 6) is -0.115. The number of aromatic amines is 2. The van der Waals surface area contributed by atoms with E-state index in [9.17, 15) is 4.79 Å². The van der Waals surface area contributed by atoms with Crippen LogP contribution in [0.5, 0.6) is 0 Å². The molecular formula is C20H17BrClN3O. The molecule has 0 atom stereocenters. The van der Waals surface area contributed by atoms with Crippen LogP contribution >= 0.6 is 27.5 Å². The Kier molecular flexibility index (Phi) is 4.51. The first kappa shape index (κ1) is 17.2. The highest BCUT2D eigenvalue weighted by molar-refractivity contribution is 9.10. The van der Waals surface area contributed by atoms with Gasteiger partial charge in [0.25, 0.3) is 5.91 Å². The van der Waals surface area contributed by atoms with Crippen molar-refractivity contribution >= 4 is 55.2 Å². The zero-order valence-corrected chi connectivity index (χ0v) is 16.5. The van der Waals surface area contributed by atoms with Crippen LogP contribution in [-0.2, 0) is 6.42 Å². The highest BCUT2D eigenvalue weighted by Gasteiger charge is 2.12. The summed E-state index contributed by atoms with van der Waals surface area (Å²) in [4.78, 5) is 19.0. The molecule has 2 heterocycles. The lowest BCUT2D eigenvalue weighted by molar-refractivity contribution is 0.0950. The maximum atomic E-state index is 12.4. The fourth-order valence-electron chi connectivity index (χ4n) is 3.31. The Balaban J connectivity index is 1.48. The molecule has 0 unspecified atom stereocenters. The molecule has 0 bridgehead atoms. The molecule has 6 heteroatoms. The first-order valence-electron chi connectivity index (χ1n) is 8.35. The van der Waals surface area contributed by atoms with Crippen LogP contribution in [0.2, 0.25) is 5.02 Å². The van der Waals surface area contributed by atoms with Gasteiger partial charge < -0.3 is 15.3 Å². The van der Waals surface area contributed by atoms with Gasteiger partial charge in [-0.2, -0.15) is 0 Å². The molecule has 3 N–H and O–H groups in total. The fourth-order valence-corrected chi connectivity index (χ4v) is 3.96. The SMILES string of the molecule is Cc1[nH]c2c(Br)cccc2c1CCNC(=O)c1cc2cc(Cl)ccc2[nH]1. The van der Waals surface area contributed by atoms with Gasteiger partial charge in [0.05, 0.1) is 5.52 Å². The summed E-state index contributed by atoms with van der Waals surface area (Å²) >= 11 is 9.57.